The van der Waals surface area contributed by atoms with Gasteiger partial charge in [-0.15, -0.1) is 0 Å². The van der Waals surface area contributed by atoms with Crippen molar-refractivity contribution in [3.8, 4) is 5.75 Å². The second kappa shape index (κ2) is 5.20. The monoisotopic (exact) mass is 318 g/mol. The molecule has 17 heavy (non-hydrogen) atoms. The Morgan fingerprint density at radius 1 is 1.29 bits per heavy atom. The lowest BCUT2D eigenvalue weighted by Gasteiger charge is -2.21. The van der Waals surface area contributed by atoms with Crippen LogP contribution in [0.2, 0.25) is 0 Å². The Hall–Kier alpha value is -0.850. The number of ether oxygens (including phenoxy) is 1. The molecule has 1 rings (SSSR count). The first-order chi connectivity index (χ1) is 7.80. The van der Waals surface area contributed by atoms with Crippen molar-refractivity contribution in [1.29, 1.82) is 0 Å². The summed E-state index contributed by atoms with van der Waals surface area (Å²) in [6, 6.07) is 2.92. The lowest BCUT2D eigenvalue weighted by atomic mass is 10.1. The zero-order valence-corrected chi connectivity index (χ0v) is 10.1. The average Bonchev–Trinajstić information content (AvgIpc) is 2.27. The van der Waals surface area contributed by atoms with Crippen molar-refractivity contribution in [3.63, 3.8) is 0 Å². The van der Waals surface area contributed by atoms with E-state index in [9.17, 15) is 22.0 Å². The van der Waals surface area contributed by atoms with Gasteiger partial charge in [0.1, 0.15) is 4.83 Å². The Morgan fingerprint density at radius 2 is 1.88 bits per heavy atom. The molecule has 0 heterocycles. The number of benzene rings is 1. The molecule has 96 valence electrons. The number of halogens is 6. The van der Waals surface area contributed by atoms with Crippen LogP contribution < -0.4 is 4.74 Å². The molecule has 0 aliphatic heterocycles. The highest BCUT2D eigenvalue weighted by atomic mass is 79.9. The van der Waals surface area contributed by atoms with Crippen LogP contribution in [0.1, 0.15) is 10.4 Å². The van der Waals surface area contributed by atoms with Gasteiger partial charge in [-0.05, 0) is 17.7 Å². The summed E-state index contributed by atoms with van der Waals surface area (Å²) in [6.07, 6.45) is -3.84. The quantitative estimate of drug-likeness (QED) is 0.598. The smallest absolute Gasteiger partial charge is 0.323 e. The van der Waals surface area contributed by atoms with E-state index in [4.69, 9.17) is 0 Å². The van der Waals surface area contributed by atoms with Crippen LogP contribution in [0.15, 0.2) is 18.2 Å². The van der Waals surface area contributed by atoms with Gasteiger partial charge < -0.3 is 4.74 Å². The molecular formula is C10H8BrF5O. The van der Waals surface area contributed by atoms with Gasteiger partial charge in [-0.2, -0.15) is 8.78 Å². The molecule has 0 radical (unpaired) electrons. The van der Waals surface area contributed by atoms with E-state index in [1.807, 2.05) is 0 Å². The summed E-state index contributed by atoms with van der Waals surface area (Å²) in [4.78, 5) is -1.96. The Bertz CT molecular complexity index is 396. The molecular weight excluding hydrogens is 311 g/mol. The third-order valence-corrected chi connectivity index (χ3v) is 3.24. The second-order valence-electron chi connectivity index (χ2n) is 3.23. The predicted octanol–water partition coefficient (Wildman–Crippen LogP) is 4.17. The van der Waals surface area contributed by atoms with E-state index in [-0.39, 0.29) is 11.3 Å². The average molecular weight is 319 g/mol. The summed E-state index contributed by atoms with van der Waals surface area (Å²) in [6.45, 7) is 0. The van der Waals surface area contributed by atoms with Crippen LogP contribution in [0.4, 0.5) is 22.0 Å². The van der Waals surface area contributed by atoms with Crippen LogP contribution in [-0.2, 0) is 0 Å². The minimum absolute atomic E-state index is 0.145. The van der Waals surface area contributed by atoms with Crippen molar-refractivity contribution >= 4 is 15.9 Å². The van der Waals surface area contributed by atoms with Crippen molar-refractivity contribution < 1.29 is 26.7 Å². The number of alkyl halides is 5. The SMILES string of the molecule is COc1ccc(C(Br)C(F)(F)C(F)F)cc1F. The summed E-state index contributed by atoms with van der Waals surface area (Å²) >= 11 is 2.45. The molecule has 0 amide bonds. The third kappa shape index (κ3) is 2.88. The molecule has 0 spiro atoms. The van der Waals surface area contributed by atoms with Crippen LogP contribution in [-0.4, -0.2) is 19.5 Å². The Morgan fingerprint density at radius 3 is 2.29 bits per heavy atom. The number of hydrogen-bond donors (Lipinski definition) is 0. The summed E-state index contributed by atoms with van der Waals surface area (Å²) in [5, 5.41) is 0. The third-order valence-electron chi connectivity index (χ3n) is 2.10. The fourth-order valence-corrected chi connectivity index (χ4v) is 1.66. The van der Waals surface area contributed by atoms with Gasteiger partial charge in [0.25, 0.3) is 0 Å². The van der Waals surface area contributed by atoms with E-state index in [1.54, 1.807) is 0 Å². The molecule has 0 aliphatic carbocycles. The van der Waals surface area contributed by atoms with Crippen molar-refractivity contribution in [2.75, 3.05) is 7.11 Å². The summed E-state index contributed by atoms with van der Waals surface area (Å²) in [7, 11) is 1.21. The molecule has 0 saturated heterocycles. The highest BCUT2D eigenvalue weighted by molar-refractivity contribution is 9.09. The number of rotatable bonds is 4. The molecule has 0 bridgehead atoms. The fourth-order valence-electron chi connectivity index (χ4n) is 1.17. The molecule has 0 aliphatic rings. The predicted molar refractivity (Wildman–Crippen MR) is 55.6 cm³/mol. The van der Waals surface area contributed by atoms with E-state index in [0.29, 0.717) is 0 Å². The van der Waals surface area contributed by atoms with Crippen LogP contribution in [0.3, 0.4) is 0 Å². The highest BCUT2D eigenvalue weighted by Crippen LogP contribution is 2.43. The van der Waals surface area contributed by atoms with Crippen molar-refractivity contribution in [1.82, 2.24) is 0 Å². The zero-order chi connectivity index (χ0) is 13.2. The van der Waals surface area contributed by atoms with Gasteiger partial charge in [0.15, 0.2) is 11.6 Å². The van der Waals surface area contributed by atoms with Crippen LogP contribution in [0.25, 0.3) is 0 Å². The summed E-state index contributed by atoms with van der Waals surface area (Å²) < 4.78 is 68.0. The molecule has 1 aromatic carbocycles. The van der Waals surface area contributed by atoms with Gasteiger partial charge in [0, 0.05) is 0 Å². The van der Waals surface area contributed by atoms with Gasteiger partial charge in [-0.1, -0.05) is 22.0 Å². The van der Waals surface area contributed by atoms with Gasteiger partial charge in [-0.3, -0.25) is 0 Å². The Labute approximate surface area is 103 Å². The van der Waals surface area contributed by atoms with Gasteiger partial charge in [0.05, 0.1) is 7.11 Å². The van der Waals surface area contributed by atoms with Crippen LogP contribution in [0, 0.1) is 5.82 Å². The maximum Gasteiger partial charge on any atom is 0.323 e. The molecule has 0 saturated carbocycles. The maximum absolute atomic E-state index is 13.2. The lowest BCUT2D eigenvalue weighted by molar-refractivity contribution is -0.127. The minimum atomic E-state index is -4.28. The largest absolute Gasteiger partial charge is 0.494 e. The van der Waals surface area contributed by atoms with Gasteiger partial charge in [0.2, 0.25) is 0 Å². The first-order valence-electron chi connectivity index (χ1n) is 4.44. The number of hydrogen-bond acceptors (Lipinski definition) is 1. The second-order valence-corrected chi connectivity index (χ2v) is 4.15. The van der Waals surface area contributed by atoms with Gasteiger partial charge in [-0.25, -0.2) is 13.2 Å². The van der Waals surface area contributed by atoms with E-state index in [2.05, 4.69) is 20.7 Å². The highest BCUT2D eigenvalue weighted by Gasteiger charge is 2.48. The lowest BCUT2D eigenvalue weighted by Crippen LogP contribution is -2.31. The van der Waals surface area contributed by atoms with Crippen LogP contribution >= 0.6 is 15.9 Å². The summed E-state index contributed by atoms with van der Waals surface area (Å²) in [5.74, 6) is -5.31. The first-order valence-corrected chi connectivity index (χ1v) is 5.35. The molecule has 7 heteroatoms. The number of methoxy groups -OCH3 is 1. The molecule has 0 aromatic heterocycles. The first kappa shape index (κ1) is 14.2. The molecule has 1 atom stereocenters. The van der Waals surface area contributed by atoms with Crippen molar-refractivity contribution in [2.24, 2.45) is 0 Å². The van der Waals surface area contributed by atoms with Gasteiger partial charge >= 0.3 is 12.3 Å². The van der Waals surface area contributed by atoms with Crippen molar-refractivity contribution in [2.45, 2.75) is 17.2 Å². The van der Waals surface area contributed by atoms with E-state index in [0.717, 1.165) is 18.2 Å². The van der Waals surface area contributed by atoms with E-state index >= 15 is 0 Å². The minimum Gasteiger partial charge on any atom is -0.494 e. The van der Waals surface area contributed by atoms with Crippen LogP contribution in [0.5, 0.6) is 5.75 Å². The van der Waals surface area contributed by atoms with Crippen molar-refractivity contribution in [3.05, 3.63) is 29.6 Å². The maximum atomic E-state index is 13.2. The summed E-state index contributed by atoms with van der Waals surface area (Å²) in [5.41, 5.74) is -0.284. The Balaban J connectivity index is 3.05. The topological polar surface area (TPSA) is 9.23 Å². The standard InChI is InChI=1S/C10H8BrF5O/c1-17-7-3-2-5(4-6(7)12)8(11)10(15,16)9(13)14/h2-4,8-9H,1H3. The molecule has 0 N–H and O–H groups in total. The fraction of sp³-hybridized carbons (Fsp3) is 0.400. The normalized spacial score (nSPS) is 13.9. The van der Waals surface area contributed by atoms with E-state index in [1.165, 1.54) is 7.11 Å². The van der Waals surface area contributed by atoms with E-state index < -0.39 is 23.0 Å². The molecule has 1 nitrogen and oxygen atoms in total. The molecule has 1 unspecified atom stereocenters. The molecule has 1 aromatic rings. The zero-order valence-electron chi connectivity index (χ0n) is 8.56. The Kier molecular flexibility index (Phi) is 4.35. The molecule has 0 fully saturated rings.